The number of rotatable bonds is 2. The number of ketones is 1. The standard InChI is InChI=1S/C28H19F7N2O2/c29-19-11-7-15(8-12-19)17-13-21-24(23(38)14-17)25(16-5-9-18(10-6-16)27(30,31)32)37(26(39)28(33,34)35)22-4-2-1-3-20(22)36-21/h1-12,17,25,36H,13-14H2/t17-,25-/m1/s1. The van der Waals surface area contributed by atoms with Gasteiger partial charge in [-0.1, -0.05) is 36.4 Å². The van der Waals surface area contributed by atoms with E-state index >= 15 is 0 Å². The average Bonchev–Trinajstić information content (AvgIpc) is 3.02. The first kappa shape index (κ1) is 26.5. The number of nitrogens with zero attached hydrogens (tertiary/aromatic N) is 1. The summed E-state index contributed by atoms with van der Waals surface area (Å²) in [6.07, 6.45) is -10.1. The Hall–Kier alpha value is -4.15. The molecule has 0 saturated carbocycles. The highest BCUT2D eigenvalue weighted by atomic mass is 19.4. The first-order valence-electron chi connectivity index (χ1n) is 11.8. The van der Waals surface area contributed by atoms with Crippen molar-refractivity contribution < 1.29 is 40.3 Å². The van der Waals surface area contributed by atoms with E-state index in [0.717, 1.165) is 12.1 Å². The molecule has 1 amide bonds. The van der Waals surface area contributed by atoms with Gasteiger partial charge >= 0.3 is 18.3 Å². The number of amides is 1. The van der Waals surface area contributed by atoms with Crippen LogP contribution in [0.3, 0.4) is 0 Å². The van der Waals surface area contributed by atoms with E-state index in [4.69, 9.17) is 0 Å². The Labute approximate surface area is 217 Å². The van der Waals surface area contributed by atoms with Crippen LogP contribution in [0.1, 0.15) is 41.5 Å². The lowest BCUT2D eigenvalue weighted by Gasteiger charge is -2.35. The molecule has 39 heavy (non-hydrogen) atoms. The number of fused-ring (bicyclic) bond motifs is 1. The van der Waals surface area contributed by atoms with Crippen LogP contribution in [0.5, 0.6) is 0 Å². The number of allylic oxidation sites excluding steroid dienone is 1. The molecule has 0 unspecified atom stereocenters. The van der Waals surface area contributed by atoms with Crippen LogP contribution in [0.2, 0.25) is 0 Å². The second-order valence-electron chi connectivity index (χ2n) is 9.31. The third-order valence-corrected chi connectivity index (χ3v) is 6.85. The molecule has 1 heterocycles. The van der Waals surface area contributed by atoms with Gasteiger partial charge in [-0.25, -0.2) is 4.39 Å². The maximum absolute atomic E-state index is 13.9. The number of carbonyl (C=O) groups is 2. The molecule has 2 atom stereocenters. The van der Waals surface area contributed by atoms with E-state index in [9.17, 15) is 40.3 Å². The summed E-state index contributed by atoms with van der Waals surface area (Å²) in [4.78, 5) is 26.9. The van der Waals surface area contributed by atoms with E-state index < -0.39 is 47.4 Å². The second-order valence-corrected chi connectivity index (χ2v) is 9.31. The third kappa shape index (κ3) is 5.00. The maximum Gasteiger partial charge on any atom is 0.471 e. The van der Waals surface area contributed by atoms with E-state index in [1.165, 1.54) is 48.5 Å². The van der Waals surface area contributed by atoms with Crippen LogP contribution in [-0.2, 0) is 15.8 Å². The number of hydrogen-bond acceptors (Lipinski definition) is 3. The zero-order valence-electron chi connectivity index (χ0n) is 19.9. The molecule has 0 fully saturated rings. The zero-order valence-corrected chi connectivity index (χ0v) is 19.9. The van der Waals surface area contributed by atoms with Crippen molar-refractivity contribution in [3.63, 3.8) is 0 Å². The summed E-state index contributed by atoms with van der Waals surface area (Å²) in [5.74, 6) is -3.79. The van der Waals surface area contributed by atoms with E-state index in [1.54, 1.807) is 0 Å². The minimum absolute atomic E-state index is 0.0971. The summed E-state index contributed by atoms with van der Waals surface area (Å²) in [6.45, 7) is 0. The molecule has 202 valence electrons. The Balaban J connectivity index is 1.72. The monoisotopic (exact) mass is 548 g/mol. The van der Waals surface area contributed by atoms with Gasteiger partial charge in [-0.3, -0.25) is 14.5 Å². The minimum atomic E-state index is -5.35. The summed E-state index contributed by atoms with van der Waals surface area (Å²) in [5, 5.41) is 3.02. The van der Waals surface area contributed by atoms with Gasteiger partial charge in [0, 0.05) is 17.7 Å². The number of nitrogens with one attached hydrogen (secondary N) is 1. The number of carbonyl (C=O) groups excluding carboxylic acids is 2. The van der Waals surface area contributed by atoms with Gasteiger partial charge in [-0.15, -0.1) is 0 Å². The van der Waals surface area contributed by atoms with Crippen molar-refractivity contribution in [3.05, 3.63) is 107 Å². The highest BCUT2D eigenvalue weighted by Gasteiger charge is 2.50. The number of hydrogen-bond donors (Lipinski definition) is 1. The Morgan fingerprint density at radius 3 is 2.05 bits per heavy atom. The van der Waals surface area contributed by atoms with E-state index in [0.29, 0.717) is 22.6 Å². The Morgan fingerprint density at radius 2 is 1.44 bits per heavy atom. The first-order chi connectivity index (χ1) is 18.3. The van der Waals surface area contributed by atoms with Gasteiger partial charge < -0.3 is 5.32 Å². The molecule has 3 aromatic carbocycles. The molecule has 0 spiro atoms. The van der Waals surface area contributed by atoms with Gasteiger partial charge in [-0.05, 0) is 59.9 Å². The van der Waals surface area contributed by atoms with Crippen LogP contribution in [0.25, 0.3) is 0 Å². The van der Waals surface area contributed by atoms with E-state index in [2.05, 4.69) is 5.32 Å². The molecular weight excluding hydrogens is 529 g/mol. The number of benzene rings is 3. The molecule has 1 aliphatic heterocycles. The number of para-hydroxylation sites is 2. The lowest BCUT2D eigenvalue weighted by molar-refractivity contribution is -0.170. The smallest absolute Gasteiger partial charge is 0.357 e. The fraction of sp³-hybridized carbons (Fsp3) is 0.214. The van der Waals surface area contributed by atoms with Crippen molar-refractivity contribution >= 4 is 23.1 Å². The molecule has 0 saturated heterocycles. The summed E-state index contributed by atoms with van der Waals surface area (Å²) in [7, 11) is 0. The Bertz CT molecular complexity index is 1460. The van der Waals surface area contributed by atoms with Crippen molar-refractivity contribution in [1.29, 1.82) is 0 Å². The van der Waals surface area contributed by atoms with E-state index in [-0.39, 0.29) is 41.1 Å². The average molecular weight is 548 g/mol. The number of anilines is 2. The second kappa shape index (κ2) is 9.55. The maximum atomic E-state index is 13.9. The van der Waals surface area contributed by atoms with Crippen molar-refractivity contribution in [2.45, 2.75) is 37.2 Å². The van der Waals surface area contributed by atoms with Crippen molar-refractivity contribution in [2.75, 3.05) is 10.2 Å². The van der Waals surface area contributed by atoms with Gasteiger partial charge in [0.15, 0.2) is 5.78 Å². The summed E-state index contributed by atoms with van der Waals surface area (Å²) in [6, 6.07) is 12.8. The van der Waals surface area contributed by atoms with Gasteiger partial charge in [0.2, 0.25) is 0 Å². The number of halogens is 7. The lowest BCUT2D eigenvalue weighted by Crippen LogP contribution is -2.45. The normalized spacial score (nSPS) is 19.7. The molecule has 4 nitrogen and oxygen atoms in total. The van der Waals surface area contributed by atoms with Gasteiger partial charge in [0.05, 0.1) is 23.0 Å². The van der Waals surface area contributed by atoms with Crippen LogP contribution in [0.4, 0.5) is 42.1 Å². The Kier molecular flexibility index (Phi) is 6.48. The molecule has 1 N–H and O–H groups in total. The molecule has 1 aliphatic carbocycles. The quantitative estimate of drug-likeness (QED) is 0.342. The van der Waals surface area contributed by atoms with Crippen LogP contribution in [-0.4, -0.2) is 17.9 Å². The van der Waals surface area contributed by atoms with Crippen LogP contribution in [0.15, 0.2) is 84.1 Å². The molecule has 0 bridgehead atoms. The molecular formula is C28H19F7N2O2. The summed E-state index contributed by atoms with van der Waals surface area (Å²) < 4.78 is 94.9. The minimum Gasteiger partial charge on any atom is -0.357 e. The molecule has 11 heteroatoms. The zero-order chi connectivity index (χ0) is 28.1. The highest BCUT2D eigenvalue weighted by molar-refractivity contribution is 6.07. The fourth-order valence-electron chi connectivity index (χ4n) is 5.09. The number of Topliss-reactive ketones (excluding diaryl/α,β-unsaturated/α-hetero) is 1. The Morgan fingerprint density at radius 1 is 0.821 bits per heavy atom. The SMILES string of the molecule is O=C1C[C@H](c2ccc(F)cc2)CC2=C1[C@@H](c1ccc(C(F)(F)F)cc1)N(C(=O)C(F)(F)F)c1ccccc1N2. The van der Waals surface area contributed by atoms with Crippen molar-refractivity contribution in [1.82, 2.24) is 0 Å². The predicted octanol–water partition coefficient (Wildman–Crippen LogP) is 7.31. The molecule has 3 aromatic rings. The largest absolute Gasteiger partial charge is 0.471 e. The third-order valence-electron chi connectivity index (χ3n) is 6.85. The van der Waals surface area contributed by atoms with Crippen LogP contribution in [0, 0.1) is 5.82 Å². The van der Waals surface area contributed by atoms with Gasteiger partial charge in [0.1, 0.15) is 5.82 Å². The van der Waals surface area contributed by atoms with Crippen LogP contribution >= 0.6 is 0 Å². The summed E-state index contributed by atoms with van der Waals surface area (Å²) in [5.41, 5.74) is -0.495. The molecule has 2 aliphatic rings. The highest BCUT2D eigenvalue weighted by Crippen LogP contribution is 2.48. The van der Waals surface area contributed by atoms with Crippen molar-refractivity contribution in [2.24, 2.45) is 0 Å². The molecule has 0 aromatic heterocycles. The first-order valence-corrected chi connectivity index (χ1v) is 11.8. The number of alkyl halides is 6. The lowest BCUT2D eigenvalue weighted by atomic mass is 9.78. The van der Waals surface area contributed by atoms with E-state index in [1.807, 2.05) is 0 Å². The summed E-state index contributed by atoms with van der Waals surface area (Å²) >= 11 is 0. The van der Waals surface area contributed by atoms with Gasteiger partial charge in [-0.2, -0.15) is 26.3 Å². The fourth-order valence-corrected chi connectivity index (χ4v) is 5.09. The molecule has 0 radical (unpaired) electrons. The molecule has 5 rings (SSSR count). The predicted molar refractivity (Wildman–Crippen MR) is 128 cm³/mol. The topological polar surface area (TPSA) is 49.4 Å². The van der Waals surface area contributed by atoms with Gasteiger partial charge in [0.25, 0.3) is 0 Å². The van der Waals surface area contributed by atoms with Crippen molar-refractivity contribution in [3.8, 4) is 0 Å². The van der Waals surface area contributed by atoms with Crippen LogP contribution < -0.4 is 10.2 Å².